The summed E-state index contributed by atoms with van der Waals surface area (Å²) in [5.41, 5.74) is 8.23. The number of allylic oxidation sites excluding steroid dienone is 2. The number of nitrogens with zero attached hydrogens (tertiary/aromatic N) is 1. The van der Waals surface area contributed by atoms with Crippen LogP contribution in [0.5, 0.6) is 0 Å². The fraction of sp³-hybridized carbons (Fsp3) is 0.357. The molecule has 2 heteroatoms. The summed E-state index contributed by atoms with van der Waals surface area (Å²) in [6.45, 7) is 12.1. The van der Waals surface area contributed by atoms with Crippen molar-refractivity contribution < 1.29 is 4.79 Å². The fourth-order valence-corrected chi connectivity index (χ4v) is 4.16. The van der Waals surface area contributed by atoms with E-state index in [1.54, 1.807) is 6.92 Å². The van der Waals surface area contributed by atoms with Crippen molar-refractivity contribution in [3.05, 3.63) is 89.1 Å². The summed E-state index contributed by atoms with van der Waals surface area (Å²) < 4.78 is 0. The van der Waals surface area contributed by atoms with Crippen LogP contribution in [0.3, 0.4) is 0 Å². The van der Waals surface area contributed by atoms with E-state index in [4.69, 9.17) is 4.99 Å². The Bertz CT molecular complexity index is 1010. The third kappa shape index (κ3) is 4.87. The first kappa shape index (κ1) is 22.0. The van der Waals surface area contributed by atoms with Gasteiger partial charge < -0.3 is 0 Å². The van der Waals surface area contributed by atoms with Gasteiger partial charge in [-0.3, -0.25) is 9.79 Å². The van der Waals surface area contributed by atoms with Gasteiger partial charge in [0.1, 0.15) is 0 Å². The molecule has 0 heterocycles. The molecule has 2 aromatic rings. The Morgan fingerprint density at radius 1 is 1.10 bits per heavy atom. The maximum Gasteiger partial charge on any atom is 0.159 e. The van der Waals surface area contributed by atoms with Crippen LogP contribution in [0.25, 0.3) is 5.57 Å². The summed E-state index contributed by atoms with van der Waals surface area (Å²) in [7, 11) is 0. The van der Waals surface area contributed by atoms with Gasteiger partial charge in [-0.1, -0.05) is 62.9 Å². The summed E-state index contributed by atoms with van der Waals surface area (Å²) in [6.07, 6.45) is 9.16. The van der Waals surface area contributed by atoms with E-state index in [-0.39, 0.29) is 5.78 Å². The van der Waals surface area contributed by atoms with E-state index >= 15 is 0 Å². The number of Topliss-reactive ketones (excluding diaryl/α,β-unsaturated/α-hetero) is 1. The lowest BCUT2D eigenvalue weighted by molar-refractivity contribution is 0.101. The number of rotatable bonds is 9. The highest BCUT2D eigenvalue weighted by atomic mass is 16.1. The predicted molar refractivity (Wildman–Crippen MR) is 128 cm³/mol. The molecule has 1 aliphatic rings. The molecule has 2 nitrogen and oxygen atoms in total. The lowest BCUT2D eigenvalue weighted by Gasteiger charge is -2.19. The number of ketones is 1. The molecule has 0 atom stereocenters. The monoisotopic (exact) mass is 399 g/mol. The molecule has 0 unspecified atom stereocenters. The molecule has 1 fully saturated rings. The standard InChI is InChI=1S/C28H33NO/c1-6-22-10-9-11-25(17-22)23(7-2)19-29-20(4)16-26-18-24(21(5)30)12-13-27(26)28(8-3)14-15-28/h7,9-13,17-19H,2,6,8,14-16H2,1,3-5H3/b23-19+,29-20?. The third-order valence-electron chi connectivity index (χ3n) is 6.37. The average Bonchev–Trinajstić information content (AvgIpc) is 3.55. The number of hydrogen-bond donors (Lipinski definition) is 0. The minimum absolute atomic E-state index is 0.114. The minimum atomic E-state index is 0.114. The molecule has 1 aliphatic carbocycles. The topological polar surface area (TPSA) is 29.4 Å². The van der Waals surface area contributed by atoms with Crippen LogP contribution in [0.2, 0.25) is 0 Å². The maximum atomic E-state index is 11.9. The molecular weight excluding hydrogens is 366 g/mol. The molecule has 30 heavy (non-hydrogen) atoms. The maximum absolute atomic E-state index is 11.9. The van der Waals surface area contributed by atoms with Crippen molar-refractivity contribution in [3.8, 4) is 0 Å². The van der Waals surface area contributed by atoms with E-state index in [0.29, 0.717) is 5.41 Å². The van der Waals surface area contributed by atoms with E-state index in [2.05, 4.69) is 63.7 Å². The van der Waals surface area contributed by atoms with Gasteiger partial charge in [0.15, 0.2) is 5.78 Å². The Morgan fingerprint density at radius 3 is 2.47 bits per heavy atom. The molecule has 3 rings (SSSR count). The molecule has 0 bridgehead atoms. The summed E-state index contributed by atoms with van der Waals surface area (Å²) >= 11 is 0. The van der Waals surface area contributed by atoms with Crippen LogP contribution < -0.4 is 0 Å². The van der Waals surface area contributed by atoms with Crippen molar-refractivity contribution in [3.63, 3.8) is 0 Å². The quantitative estimate of drug-likeness (QED) is 0.251. The molecule has 156 valence electrons. The summed E-state index contributed by atoms with van der Waals surface area (Å²) in [5.74, 6) is 0.114. The number of hydrogen-bond acceptors (Lipinski definition) is 2. The van der Waals surface area contributed by atoms with Crippen LogP contribution in [0.1, 0.15) is 79.6 Å². The molecule has 0 amide bonds. The largest absolute Gasteiger partial charge is 0.295 e. The third-order valence-corrected chi connectivity index (χ3v) is 6.37. The highest BCUT2D eigenvalue weighted by Gasteiger charge is 2.43. The second-order valence-corrected chi connectivity index (χ2v) is 8.45. The molecule has 0 spiro atoms. The molecule has 0 radical (unpaired) electrons. The smallest absolute Gasteiger partial charge is 0.159 e. The molecular formula is C28H33NO. The number of aliphatic imine (C=N–C) groups is 1. The highest BCUT2D eigenvalue weighted by Crippen LogP contribution is 2.52. The van der Waals surface area contributed by atoms with E-state index in [0.717, 1.165) is 41.7 Å². The molecule has 0 aromatic heterocycles. The first-order chi connectivity index (χ1) is 14.4. The van der Waals surface area contributed by atoms with Crippen molar-refractivity contribution in [1.29, 1.82) is 0 Å². The van der Waals surface area contributed by atoms with Gasteiger partial charge in [-0.15, -0.1) is 0 Å². The van der Waals surface area contributed by atoms with Gasteiger partial charge in [-0.05, 0) is 78.8 Å². The molecule has 0 aliphatic heterocycles. The zero-order valence-electron chi connectivity index (χ0n) is 18.8. The van der Waals surface area contributed by atoms with E-state index in [1.165, 1.54) is 29.5 Å². The Balaban J connectivity index is 1.90. The Hall–Kier alpha value is -2.74. The Kier molecular flexibility index (Phi) is 6.87. The minimum Gasteiger partial charge on any atom is -0.295 e. The van der Waals surface area contributed by atoms with Gasteiger partial charge in [-0.25, -0.2) is 0 Å². The SMILES string of the molecule is C=C/C(=C\N=C(C)Cc1cc(C(C)=O)ccc1C1(CC)CC1)c1cccc(CC)c1. The number of aryl methyl sites for hydroxylation is 1. The summed E-state index contributed by atoms with van der Waals surface area (Å²) in [4.78, 5) is 16.7. The van der Waals surface area contributed by atoms with Gasteiger partial charge in [0.2, 0.25) is 0 Å². The normalized spacial score (nSPS) is 15.7. The Labute approximate surface area is 181 Å². The zero-order chi connectivity index (χ0) is 21.7. The first-order valence-corrected chi connectivity index (χ1v) is 11.0. The van der Waals surface area contributed by atoms with Gasteiger partial charge in [0, 0.05) is 23.9 Å². The van der Waals surface area contributed by atoms with Crippen molar-refractivity contribution >= 4 is 17.1 Å². The second kappa shape index (κ2) is 9.38. The fourth-order valence-electron chi connectivity index (χ4n) is 4.16. The molecule has 0 N–H and O–H groups in total. The van der Waals surface area contributed by atoms with Crippen LogP contribution >= 0.6 is 0 Å². The average molecular weight is 400 g/mol. The Morgan fingerprint density at radius 2 is 1.87 bits per heavy atom. The van der Waals surface area contributed by atoms with E-state index in [9.17, 15) is 4.79 Å². The molecule has 0 saturated heterocycles. The van der Waals surface area contributed by atoms with Crippen LogP contribution in [0, 0.1) is 0 Å². The van der Waals surface area contributed by atoms with Crippen molar-refractivity contribution in [1.82, 2.24) is 0 Å². The summed E-state index contributed by atoms with van der Waals surface area (Å²) in [5, 5.41) is 0. The van der Waals surface area contributed by atoms with E-state index in [1.807, 2.05) is 18.3 Å². The van der Waals surface area contributed by atoms with Crippen LogP contribution in [-0.2, 0) is 18.3 Å². The van der Waals surface area contributed by atoms with Crippen molar-refractivity contribution in [2.75, 3.05) is 0 Å². The first-order valence-electron chi connectivity index (χ1n) is 11.0. The molecule has 1 saturated carbocycles. The highest BCUT2D eigenvalue weighted by molar-refractivity contribution is 5.95. The van der Waals surface area contributed by atoms with Gasteiger partial charge >= 0.3 is 0 Å². The second-order valence-electron chi connectivity index (χ2n) is 8.45. The summed E-state index contributed by atoms with van der Waals surface area (Å²) in [6, 6.07) is 14.8. The van der Waals surface area contributed by atoms with Gasteiger partial charge in [-0.2, -0.15) is 0 Å². The molecule has 2 aromatic carbocycles. The van der Waals surface area contributed by atoms with Crippen LogP contribution in [0.15, 0.2) is 66.3 Å². The van der Waals surface area contributed by atoms with Crippen molar-refractivity contribution in [2.24, 2.45) is 4.99 Å². The van der Waals surface area contributed by atoms with Crippen molar-refractivity contribution in [2.45, 2.75) is 65.2 Å². The lowest BCUT2D eigenvalue weighted by atomic mass is 9.86. The number of carbonyl (C=O) groups is 1. The van der Waals surface area contributed by atoms with Crippen LogP contribution in [-0.4, -0.2) is 11.5 Å². The predicted octanol–water partition coefficient (Wildman–Crippen LogP) is 7.12. The lowest BCUT2D eigenvalue weighted by Crippen LogP contribution is -2.12. The van der Waals surface area contributed by atoms with Gasteiger partial charge in [0.25, 0.3) is 0 Å². The van der Waals surface area contributed by atoms with Gasteiger partial charge in [0.05, 0.1) is 0 Å². The van der Waals surface area contributed by atoms with E-state index < -0.39 is 0 Å². The van der Waals surface area contributed by atoms with Crippen LogP contribution in [0.4, 0.5) is 0 Å². The zero-order valence-corrected chi connectivity index (χ0v) is 18.8. The number of carbonyl (C=O) groups excluding carboxylic acids is 1. The number of benzene rings is 2.